The number of nitrogens with zero attached hydrogens (tertiary/aromatic N) is 1. The van der Waals surface area contributed by atoms with Crippen molar-refractivity contribution in [3.8, 4) is 23.5 Å². The first-order valence-electron chi connectivity index (χ1n) is 6.98. The lowest BCUT2D eigenvalue weighted by molar-refractivity contribution is 0.113. The second-order valence-corrected chi connectivity index (χ2v) is 8.26. The maximum atomic E-state index is 8.75. The second kappa shape index (κ2) is 8.74. The summed E-state index contributed by atoms with van der Waals surface area (Å²) in [5, 5.41) is 8.75. The van der Waals surface area contributed by atoms with Gasteiger partial charge in [-0.15, -0.1) is 5.26 Å². The number of hydrogen-bond donors (Lipinski definition) is 0. The summed E-state index contributed by atoms with van der Waals surface area (Å²) in [5.41, 5.74) is 0.944. The maximum absolute atomic E-state index is 8.75. The van der Waals surface area contributed by atoms with E-state index in [1.54, 1.807) is 39.7 Å². The molecule has 0 radical (unpaired) electrons. The lowest BCUT2D eigenvalue weighted by Gasteiger charge is -2.30. The van der Waals surface area contributed by atoms with Crippen molar-refractivity contribution in [2.24, 2.45) is 0 Å². The minimum absolute atomic E-state index is 0.0136. The number of nitriles is 1. The average molecular weight is 341 g/mol. The minimum atomic E-state index is -2.75. The van der Waals surface area contributed by atoms with Gasteiger partial charge in [-0.2, -0.15) is 0 Å². The largest absolute Gasteiger partial charge is 0.503 e. The third-order valence-corrected chi connectivity index (χ3v) is 6.79. The van der Waals surface area contributed by atoms with Crippen LogP contribution >= 0.6 is 0 Å². The Labute approximate surface area is 138 Å². The Morgan fingerprint density at radius 2 is 1.48 bits per heavy atom. The molecule has 0 heterocycles. The van der Waals surface area contributed by atoms with Gasteiger partial charge in [-0.3, -0.25) is 0 Å². The monoisotopic (exact) mass is 341 g/mol. The van der Waals surface area contributed by atoms with Gasteiger partial charge in [0.15, 0.2) is 11.5 Å². The average Bonchev–Trinajstić information content (AvgIpc) is 2.58. The first-order chi connectivity index (χ1) is 11.0. The molecule has 0 aliphatic carbocycles. The van der Waals surface area contributed by atoms with Crippen molar-refractivity contribution in [1.29, 1.82) is 5.26 Å². The van der Waals surface area contributed by atoms with Crippen molar-refractivity contribution in [3.63, 3.8) is 0 Å². The van der Waals surface area contributed by atoms with Crippen LogP contribution < -0.4 is 14.2 Å². The van der Waals surface area contributed by atoms with Gasteiger partial charge in [-0.25, -0.2) is 0 Å². The Kier molecular flexibility index (Phi) is 7.32. The predicted molar refractivity (Wildman–Crippen MR) is 85.7 cm³/mol. The highest BCUT2D eigenvalue weighted by molar-refractivity contribution is 6.62. The zero-order chi connectivity index (χ0) is 17.5. The Hall–Kier alpha value is -1.79. The first kappa shape index (κ1) is 19.3. The number of hydrogen-bond acceptors (Lipinski definition) is 7. The van der Waals surface area contributed by atoms with E-state index in [4.69, 9.17) is 32.8 Å². The molecule has 0 aliphatic rings. The first-order valence-corrected chi connectivity index (χ1v) is 8.78. The smallest absolute Gasteiger partial charge is 0.493 e. The highest BCUT2D eigenvalue weighted by Crippen LogP contribution is 2.40. The van der Waals surface area contributed by atoms with Crippen molar-refractivity contribution in [2.45, 2.75) is 18.9 Å². The zero-order valence-corrected chi connectivity index (χ0v) is 15.3. The summed E-state index contributed by atoms with van der Waals surface area (Å²) in [6.07, 6.45) is 2.26. The van der Waals surface area contributed by atoms with Crippen LogP contribution in [0, 0.1) is 11.5 Å². The van der Waals surface area contributed by atoms with Gasteiger partial charge in [0.05, 0.1) is 14.2 Å². The Balaban J connectivity index is 3.17. The van der Waals surface area contributed by atoms with Crippen molar-refractivity contribution in [3.05, 3.63) is 17.7 Å². The fourth-order valence-corrected chi connectivity index (χ4v) is 4.72. The van der Waals surface area contributed by atoms with Crippen LogP contribution in [0.5, 0.6) is 17.2 Å². The van der Waals surface area contributed by atoms with E-state index < -0.39 is 8.80 Å². The molecule has 0 aliphatic heterocycles. The van der Waals surface area contributed by atoms with Crippen LogP contribution in [-0.4, -0.2) is 44.4 Å². The van der Waals surface area contributed by atoms with Gasteiger partial charge in [0, 0.05) is 26.9 Å². The summed E-state index contributed by atoms with van der Waals surface area (Å²) in [5.74, 6) is 1.10. The second-order valence-electron chi connectivity index (χ2n) is 4.84. The van der Waals surface area contributed by atoms with Gasteiger partial charge in [-0.1, -0.05) is 6.92 Å². The van der Waals surface area contributed by atoms with Gasteiger partial charge >= 0.3 is 8.80 Å². The molecule has 0 spiro atoms. The van der Waals surface area contributed by atoms with E-state index in [1.807, 2.05) is 6.92 Å². The molecule has 7 nitrogen and oxygen atoms in total. The molecule has 1 aromatic rings. The predicted octanol–water partition coefficient (Wildman–Crippen LogP) is 2.37. The fourth-order valence-electron chi connectivity index (χ4n) is 2.53. The number of benzene rings is 1. The zero-order valence-electron chi connectivity index (χ0n) is 14.3. The van der Waals surface area contributed by atoms with E-state index in [0.29, 0.717) is 17.9 Å². The molecule has 1 aromatic carbocycles. The maximum Gasteiger partial charge on any atom is 0.503 e. The SMILES string of the molecule is COc1cc(CC(C)[Si](OC)(OC)OC)cc(OC)c1OC#N. The van der Waals surface area contributed by atoms with Gasteiger partial charge in [0.25, 0.3) is 6.26 Å². The molecule has 0 saturated heterocycles. The third kappa shape index (κ3) is 4.14. The van der Waals surface area contributed by atoms with Crippen molar-refractivity contribution in [1.82, 2.24) is 0 Å². The summed E-state index contributed by atoms with van der Waals surface area (Å²) in [4.78, 5) is 0. The number of methoxy groups -OCH3 is 2. The standard InChI is InChI=1S/C15H23NO6Si/c1-11(23(19-4,20-5)21-6)7-12-8-13(17-2)15(22-10-16)14(9-12)18-3/h8-9,11H,7H2,1-6H3. The molecule has 8 heteroatoms. The minimum Gasteiger partial charge on any atom is -0.493 e. The molecule has 0 fully saturated rings. The number of rotatable bonds is 9. The van der Waals surface area contributed by atoms with Crippen LogP contribution in [0.2, 0.25) is 5.54 Å². The van der Waals surface area contributed by atoms with E-state index in [9.17, 15) is 0 Å². The molecule has 0 saturated carbocycles. The summed E-state index contributed by atoms with van der Waals surface area (Å²) < 4.78 is 32.0. The van der Waals surface area contributed by atoms with Crippen molar-refractivity contribution in [2.75, 3.05) is 35.5 Å². The Morgan fingerprint density at radius 3 is 1.83 bits per heavy atom. The highest BCUT2D eigenvalue weighted by atomic mass is 28.4. The molecule has 23 heavy (non-hydrogen) atoms. The Morgan fingerprint density at radius 1 is 1.00 bits per heavy atom. The molecule has 0 bridgehead atoms. The summed E-state index contributed by atoms with van der Waals surface area (Å²) in [7, 11) is 5.01. The lowest BCUT2D eigenvalue weighted by atomic mass is 10.1. The van der Waals surface area contributed by atoms with E-state index in [-0.39, 0.29) is 11.3 Å². The summed E-state index contributed by atoms with van der Waals surface area (Å²) in [6, 6.07) is 3.59. The van der Waals surface area contributed by atoms with E-state index in [0.717, 1.165) is 5.56 Å². The van der Waals surface area contributed by atoms with Crippen molar-refractivity contribution < 1.29 is 27.5 Å². The quantitative estimate of drug-likeness (QED) is 0.504. The van der Waals surface area contributed by atoms with Crippen LogP contribution in [0.3, 0.4) is 0 Å². The van der Waals surface area contributed by atoms with Crippen LogP contribution in [0.25, 0.3) is 0 Å². The molecule has 1 rings (SSSR count). The molecular formula is C15H23NO6Si. The van der Waals surface area contributed by atoms with Crippen molar-refractivity contribution >= 4 is 8.80 Å². The molecule has 0 amide bonds. The van der Waals surface area contributed by atoms with E-state index in [2.05, 4.69) is 0 Å². The summed E-state index contributed by atoms with van der Waals surface area (Å²) >= 11 is 0. The molecular weight excluding hydrogens is 318 g/mol. The topological polar surface area (TPSA) is 79.2 Å². The van der Waals surface area contributed by atoms with Gasteiger partial charge in [0.1, 0.15) is 0 Å². The van der Waals surface area contributed by atoms with Gasteiger partial charge in [-0.05, 0) is 24.1 Å². The van der Waals surface area contributed by atoms with Gasteiger partial charge < -0.3 is 27.5 Å². The van der Waals surface area contributed by atoms with E-state index >= 15 is 0 Å². The number of ether oxygens (including phenoxy) is 3. The molecule has 0 N–H and O–H groups in total. The molecule has 0 aromatic heterocycles. The van der Waals surface area contributed by atoms with Crippen LogP contribution in [0.4, 0.5) is 0 Å². The van der Waals surface area contributed by atoms with Gasteiger partial charge in [0.2, 0.25) is 5.75 Å². The van der Waals surface area contributed by atoms with Crippen LogP contribution in [0.15, 0.2) is 12.1 Å². The molecule has 1 unspecified atom stereocenters. The normalized spacial score (nSPS) is 12.4. The van der Waals surface area contributed by atoms with Crippen LogP contribution in [0.1, 0.15) is 12.5 Å². The lowest BCUT2D eigenvalue weighted by Crippen LogP contribution is -2.47. The third-order valence-electron chi connectivity index (χ3n) is 3.67. The highest BCUT2D eigenvalue weighted by Gasteiger charge is 2.44. The summed E-state index contributed by atoms with van der Waals surface area (Å²) in [6.45, 7) is 2.00. The van der Waals surface area contributed by atoms with Crippen LogP contribution in [-0.2, 0) is 19.7 Å². The molecule has 128 valence electrons. The van der Waals surface area contributed by atoms with E-state index in [1.165, 1.54) is 14.2 Å². The Bertz CT molecular complexity index is 522. The molecule has 1 atom stereocenters. The fraction of sp³-hybridized carbons (Fsp3) is 0.533.